The van der Waals surface area contributed by atoms with E-state index >= 15 is 0 Å². The smallest absolute Gasteiger partial charge is 0.213 e. The van der Waals surface area contributed by atoms with E-state index in [0.29, 0.717) is 37.6 Å². The van der Waals surface area contributed by atoms with Crippen LogP contribution in [0.1, 0.15) is 27.2 Å². The molecular formula is C11H25IN4O2S. The van der Waals surface area contributed by atoms with Crippen molar-refractivity contribution in [2.45, 2.75) is 33.2 Å². The topological polar surface area (TPSA) is 87.8 Å². The van der Waals surface area contributed by atoms with Gasteiger partial charge in [0.2, 0.25) is 10.0 Å². The lowest BCUT2D eigenvalue weighted by atomic mass is 10.0. The molecule has 1 aliphatic rings. The Hall–Kier alpha value is -0.0900. The Morgan fingerprint density at radius 3 is 2.53 bits per heavy atom. The van der Waals surface area contributed by atoms with Gasteiger partial charge in [-0.05, 0) is 20.3 Å². The Balaban J connectivity index is 0.00000324. The minimum atomic E-state index is -3.02. The number of nitrogens with two attached hydrogens (primary N) is 1. The maximum Gasteiger partial charge on any atom is 0.213 e. The molecule has 1 aliphatic heterocycles. The summed E-state index contributed by atoms with van der Waals surface area (Å²) in [6.07, 6.45) is 0.988. The molecule has 0 aromatic carbocycles. The van der Waals surface area contributed by atoms with Crippen LogP contribution >= 0.6 is 24.0 Å². The Bertz CT molecular complexity index is 393. The highest BCUT2D eigenvalue weighted by Crippen LogP contribution is 2.19. The lowest BCUT2D eigenvalue weighted by Crippen LogP contribution is -2.51. The van der Waals surface area contributed by atoms with Gasteiger partial charge in [0.05, 0.1) is 5.75 Å². The monoisotopic (exact) mass is 404 g/mol. The zero-order valence-electron chi connectivity index (χ0n) is 11.8. The van der Waals surface area contributed by atoms with Crippen LogP contribution in [0.4, 0.5) is 0 Å². The SMILES string of the molecule is CCC(C)NC(N)=NCC1CN(S(=O)(=O)CC)C1.I. The summed E-state index contributed by atoms with van der Waals surface area (Å²) < 4.78 is 24.5. The first-order valence-electron chi connectivity index (χ1n) is 6.43. The van der Waals surface area contributed by atoms with Gasteiger partial charge >= 0.3 is 0 Å². The maximum atomic E-state index is 11.5. The predicted octanol–water partition coefficient (Wildman–Crippen LogP) is 0.589. The van der Waals surface area contributed by atoms with E-state index < -0.39 is 10.0 Å². The summed E-state index contributed by atoms with van der Waals surface area (Å²) >= 11 is 0. The van der Waals surface area contributed by atoms with Crippen molar-refractivity contribution in [2.24, 2.45) is 16.6 Å². The minimum absolute atomic E-state index is 0. The number of halogens is 1. The van der Waals surface area contributed by atoms with Gasteiger partial charge in [0.1, 0.15) is 0 Å². The van der Waals surface area contributed by atoms with Gasteiger partial charge in [-0.25, -0.2) is 12.7 Å². The van der Waals surface area contributed by atoms with Crippen LogP contribution in [0.3, 0.4) is 0 Å². The van der Waals surface area contributed by atoms with E-state index in [0.717, 1.165) is 6.42 Å². The molecule has 1 heterocycles. The van der Waals surface area contributed by atoms with Crippen LogP contribution in [0.5, 0.6) is 0 Å². The van der Waals surface area contributed by atoms with Gasteiger partial charge in [-0.2, -0.15) is 0 Å². The van der Waals surface area contributed by atoms with Gasteiger partial charge in [0.15, 0.2) is 5.96 Å². The zero-order chi connectivity index (χ0) is 13.8. The number of rotatable bonds is 6. The van der Waals surface area contributed by atoms with Crippen LogP contribution in [-0.4, -0.2) is 50.1 Å². The molecule has 0 saturated carbocycles. The van der Waals surface area contributed by atoms with Gasteiger partial charge in [-0.1, -0.05) is 6.92 Å². The van der Waals surface area contributed by atoms with Crippen LogP contribution in [0.2, 0.25) is 0 Å². The summed E-state index contributed by atoms with van der Waals surface area (Å²) in [5.74, 6) is 0.908. The number of sulfonamides is 1. The van der Waals surface area contributed by atoms with Gasteiger partial charge in [0.25, 0.3) is 0 Å². The number of nitrogens with one attached hydrogen (secondary N) is 1. The van der Waals surface area contributed by atoms with E-state index in [2.05, 4.69) is 17.2 Å². The second kappa shape index (κ2) is 8.25. The molecule has 114 valence electrons. The summed E-state index contributed by atoms with van der Waals surface area (Å²) in [5.41, 5.74) is 5.73. The fraction of sp³-hybridized carbons (Fsp3) is 0.909. The molecule has 6 nitrogen and oxygen atoms in total. The molecule has 0 bridgehead atoms. The third kappa shape index (κ3) is 5.82. The molecule has 1 saturated heterocycles. The van der Waals surface area contributed by atoms with E-state index in [1.54, 1.807) is 6.92 Å². The van der Waals surface area contributed by atoms with Crippen LogP contribution in [0.25, 0.3) is 0 Å². The lowest BCUT2D eigenvalue weighted by Gasteiger charge is -2.37. The van der Waals surface area contributed by atoms with Crippen molar-refractivity contribution < 1.29 is 8.42 Å². The maximum absolute atomic E-state index is 11.5. The number of hydrogen-bond donors (Lipinski definition) is 2. The van der Waals surface area contributed by atoms with Crippen molar-refractivity contribution in [3.8, 4) is 0 Å². The standard InChI is InChI=1S/C11H24N4O2S.HI/c1-4-9(3)14-11(12)13-6-10-7-15(8-10)18(16,17)5-2;/h9-10H,4-8H2,1-3H3,(H3,12,13,14);1H. The van der Waals surface area contributed by atoms with Crippen LogP contribution in [0.15, 0.2) is 4.99 Å². The van der Waals surface area contributed by atoms with Gasteiger partial charge < -0.3 is 11.1 Å². The molecule has 3 N–H and O–H groups in total. The first-order valence-corrected chi connectivity index (χ1v) is 8.04. The third-order valence-corrected chi connectivity index (χ3v) is 5.02. The molecule has 1 atom stereocenters. The second-order valence-electron chi connectivity index (χ2n) is 4.76. The number of nitrogens with zero attached hydrogens (tertiary/aromatic N) is 2. The van der Waals surface area contributed by atoms with Gasteiger partial charge in [-0.15, -0.1) is 24.0 Å². The Kier molecular flexibility index (Phi) is 8.21. The first-order chi connectivity index (χ1) is 8.39. The fourth-order valence-corrected chi connectivity index (χ4v) is 2.92. The normalized spacial score (nSPS) is 19.4. The third-order valence-electron chi connectivity index (χ3n) is 3.21. The van der Waals surface area contributed by atoms with Crippen LogP contribution in [0, 0.1) is 5.92 Å². The highest BCUT2D eigenvalue weighted by molar-refractivity contribution is 14.0. The molecule has 1 rings (SSSR count). The van der Waals surface area contributed by atoms with Crippen molar-refractivity contribution in [2.75, 3.05) is 25.4 Å². The fourth-order valence-electron chi connectivity index (χ4n) is 1.68. The molecule has 0 amide bonds. The van der Waals surface area contributed by atoms with E-state index in [1.807, 2.05) is 6.92 Å². The predicted molar refractivity (Wildman–Crippen MR) is 89.3 cm³/mol. The zero-order valence-corrected chi connectivity index (χ0v) is 14.9. The molecule has 0 aromatic heterocycles. The summed E-state index contributed by atoms with van der Waals surface area (Å²) in [5, 5.41) is 3.08. The van der Waals surface area contributed by atoms with E-state index in [1.165, 1.54) is 4.31 Å². The highest BCUT2D eigenvalue weighted by Gasteiger charge is 2.34. The van der Waals surface area contributed by atoms with Crippen LogP contribution < -0.4 is 11.1 Å². The lowest BCUT2D eigenvalue weighted by molar-refractivity contribution is 0.208. The average molecular weight is 404 g/mol. The summed E-state index contributed by atoms with van der Waals surface area (Å²) in [4.78, 5) is 4.24. The molecule has 1 unspecified atom stereocenters. The van der Waals surface area contributed by atoms with Crippen molar-refractivity contribution in [1.29, 1.82) is 0 Å². The minimum Gasteiger partial charge on any atom is -0.370 e. The number of guanidine groups is 1. The molecule has 1 fully saturated rings. The highest BCUT2D eigenvalue weighted by atomic mass is 127. The summed E-state index contributed by atoms with van der Waals surface area (Å²) in [7, 11) is -3.02. The Labute approximate surface area is 133 Å². The van der Waals surface area contributed by atoms with Crippen LogP contribution in [-0.2, 0) is 10.0 Å². The van der Waals surface area contributed by atoms with Crippen molar-refractivity contribution in [3.63, 3.8) is 0 Å². The Morgan fingerprint density at radius 2 is 2.05 bits per heavy atom. The molecule has 8 heteroatoms. The van der Waals surface area contributed by atoms with E-state index in [4.69, 9.17) is 5.73 Å². The van der Waals surface area contributed by atoms with Gasteiger partial charge in [0, 0.05) is 31.6 Å². The average Bonchev–Trinajstić information content (AvgIpc) is 2.26. The molecule has 0 radical (unpaired) electrons. The first kappa shape index (κ1) is 18.9. The summed E-state index contributed by atoms with van der Waals surface area (Å²) in [6.45, 7) is 7.50. The molecule has 0 aliphatic carbocycles. The quantitative estimate of drug-likeness (QED) is 0.385. The largest absolute Gasteiger partial charge is 0.370 e. The molecule has 0 spiro atoms. The van der Waals surface area contributed by atoms with Crippen molar-refractivity contribution in [1.82, 2.24) is 9.62 Å². The van der Waals surface area contributed by atoms with Crippen molar-refractivity contribution >= 4 is 40.0 Å². The molecule has 0 aromatic rings. The summed E-state index contributed by atoms with van der Waals surface area (Å²) in [6, 6.07) is 0.312. The second-order valence-corrected chi connectivity index (χ2v) is 7.02. The van der Waals surface area contributed by atoms with Gasteiger partial charge in [-0.3, -0.25) is 4.99 Å². The number of aliphatic imine (C=N–C) groups is 1. The van der Waals surface area contributed by atoms with E-state index in [9.17, 15) is 8.42 Å². The Morgan fingerprint density at radius 1 is 1.47 bits per heavy atom. The van der Waals surface area contributed by atoms with E-state index in [-0.39, 0.29) is 29.7 Å². The van der Waals surface area contributed by atoms with Crippen molar-refractivity contribution in [3.05, 3.63) is 0 Å². The number of hydrogen-bond acceptors (Lipinski definition) is 3. The molecular weight excluding hydrogens is 379 g/mol. The molecule has 19 heavy (non-hydrogen) atoms.